The number of hydrogen-bond donors (Lipinski definition) is 0. The van der Waals surface area contributed by atoms with E-state index in [1.54, 1.807) is 38.2 Å². The molecule has 0 spiro atoms. The van der Waals surface area contributed by atoms with Crippen LogP contribution in [-0.2, 0) is 7.05 Å². The van der Waals surface area contributed by atoms with Crippen LogP contribution in [0.4, 0.5) is 4.39 Å². The van der Waals surface area contributed by atoms with E-state index in [4.69, 9.17) is 0 Å². The first-order valence-corrected chi connectivity index (χ1v) is 5.92. The van der Waals surface area contributed by atoms with Gasteiger partial charge in [-0.2, -0.15) is 0 Å². The van der Waals surface area contributed by atoms with Gasteiger partial charge < -0.3 is 4.57 Å². The molecule has 0 aliphatic rings. The molecular weight excluding hydrogens is 285 g/mol. The monoisotopic (exact) mass is 295 g/mol. The minimum atomic E-state index is -0.349. The van der Waals surface area contributed by atoms with Crippen molar-refractivity contribution in [2.24, 2.45) is 7.05 Å². The number of nitrogens with zero attached hydrogens (tertiary/aromatic N) is 1. The summed E-state index contributed by atoms with van der Waals surface area (Å²) < 4.78 is 15.9. The van der Waals surface area contributed by atoms with Gasteiger partial charge >= 0.3 is 0 Å². The van der Waals surface area contributed by atoms with Crippen LogP contribution in [0.1, 0.15) is 5.56 Å². The minimum absolute atomic E-state index is 0.113. The quantitative estimate of drug-likeness (QED) is 0.791. The zero-order chi connectivity index (χ0) is 12.6. The standard InChI is InChI=1S/C13H11BrFNO/c1-8-6-7-11(16(2)13(8)17)12-9(14)4-3-5-10(12)15/h3-7H,1-2H3. The van der Waals surface area contributed by atoms with Crippen LogP contribution in [0.2, 0.25) is 0 Å². The lowest BCUT2D eigenvalue weighted by molar-refractivity contribution is 0.628. The van der Waals surface area contributed by atoms with Gasteiger partial charge in [0, 0.05) is 22.6 Å². The molecule has 2 nitrogen and oxygen atoms in total. The molecule has 1 aromatic carbocycles. The van der Waals surface area contributed by atoms with Crippen LogP contribution in [0.25, 0.3) is 11.3 Å². The van der Waals surface area contributed by atoms with E-state index in [0.717, 1.165) is 0 Å². The Kier molecular flexibility index (Phi) is 3.15. The van der Waals surface area contributed by atoms with Crippen molar-refractivity contribution in [3.05, 3.63) is 56.5 Å². The number of aromatic nitrogens is 1. The third-order valence-electron chi connectivity index (χ3n) is 2.71. The molecule has 0 unspecified atom stereocenters. The third kappa shape index (κ3) is 2.05. The molecule has 0 aliphatic carbocycles. The zero-order valence-electron chi connectivity index (χ0n) is 9.50. The Balaban J connectivity index is 2.79. The molecule has 4 heteroatoms. The second kappa shape index (κ2) is 4.45. The van der Waals surface area contributed by atoms with Crippen LogP contribution < -0.4 is 5.56 Å². The molecule has 0 atom stereocenters. The average molecular weight is 296 g/mol. The fourth-order valence-corrected chi connectivity index (χ4v) is 2.30. The van der Waals surface area contributed by atoms with E-state index in [0.29, 0.717) is 21.3 Å². The Hall–Kier alpha value is -1.42. The molecule has 0 N–H and O–H groups in total. The smallest absolute Gasteiger partial charge is 0.253 e. The Bertz CT molecular complexity index is 614. The predicted molar refractivity (Wildman–Crippen MR) is 69.5 cm³/mol. The molecule has 1 heterocycles. The number of aryl methyl sites for hydroxylation is 1. The second-order valence-corrected chi connectivity index (χ2v) is 4.72. The van der Waals surface area contributed by atoms with Gasteiger partial charge in [0.15, 0.2) is 0 Å². The van der Waals surface area contributed by atoms with E-state index >= 15 is 0 Å². The molecule has 88 valence electrons. The molecule has 0 bridgehead atoms. The first-order valence-electron chi connectivity index (χ1n) is 5.13. The average Bonchev–Trinajstić information content (AvgIpc) is 2.29. The molecule has 0 amide bonds. The van der Waals surface area contributed by atoms with Crippen LogP contribution in [0.3, 0.4) is 0 Å². The van der Waals surface area contributed by atoms with Gasteiger partial charge in [0.1, 0.15) is 5.82 Å². The number of benzene rings is 1. The van der Waals surface area contributed by atoms with E-state index in [9.17, 15) is 9.18 Å². The highest BCUT2D eigenvalue weighted by molar-refractivity contribution is 9.10. The summed E-state index contributed by atoms with van der Waals surface area (Å²) >= 11 is 3.31. The zero-order valence-corrected chi connectivity index (χ0v) is 11.1. The highest BCUT2D eigenvalue weighted by atomic mass is 79.9. The fourth-order valence-electron chi connectivity index (χ4n) is 1.75. The lowest BCUT2D eigenvalue weighted by Crippen LogP contribution is -2.20. The van der Waals surface area contributed by atoms with Gasteiger partial charge in [0.25, 0.3) is 5.56 Å². The normalized spacial score (nSPS) is 10.6. The van der Waals surface area contributed by atoms with Crippen LogP contribution in [0.5, 0.6) is 0 Å². The van der Waals surface area contributed by atoms with Gasteiger partial charge in [-0.15, -0.1) is 0 Å². The van der Waals surface area contributed by atoms with E-state index < -0.39 is 0 Å². The number of rotatable bonds is 1. The van der Waals surface area contributed by atoms with Crippen molar-refractivity contribution >= 4 is 15.9 Å². The van der Waals surface area contributed by atoms with Gasteiger partial charge in [-0.3, -0.25) is 4.79 Å². The summed E-state index contributed by atoms with van der Waals surface area (Å²) in [5, 5.41) is 0. The van der Waals surface area contributed by atoms with Gasteiger partial charge in [-0.25, -0.2) is 4.39 Å². The maximum atomic E-state index is 13.8. The van der Waals surface area contributed by atoms with Gasteiger partial charge in [0.05, 0.1) is 5.69 Å². The van der Waals surface area contributed by atoms with Crippen LogP contribution in [0.15, 0.2) is 39.6 Å². The van der Waals surface area contributed by atoms with E-state index in [1.807, 2.05) is 0 Å². The van der Waals surface area contributed by atoms with Crippen molar-refractivity contribution in [1.29, 1.82) is 0 Å². The second-order valence-electron chi connectivity index (χ2n) is 3.86. The van der Waals surface area contributed by atoms with Gasteiger partial charge in [0.2, 0.25) is 0 Å². The SMILES string of the molecule is Cc1ccc(-c2c(F)cccc2Br)n(C)c1=O. The lowest BCUT2D eigenvalue weighted by atomic mass is 10.1. The molecule has 1 aromatic heterocycles. The largest absolute Gasteiger partial charge is 0.311 e. The van der Waals surface area contributed by atoms with Crippen molar-refractivity contribution in [2.75, 3.05) is 0 Å². The van der Waals surface area contributed by atoms with Crippen LogP contribution in [-0.4, -0.2) is 4.57 Å². The summed E-state index contributed by atoms with van der Waals surface area (Å²) in [7, 11) is 1.64. The number of pyridine rings is 1. The number of halogens is 2. The summed E-state index contributed by atoms with van der Waals surface area (Å²) in [6.07, 6.45) is 0. The Labute approximate surface area is 107 Å². The van der Waals surface area contributed by atoms with Gasteiger partial charge in [-0.05, 0) is 41.1 Å². The molecule has 0 saturated carbocycles. The Morgan fingerprint density at radius 2 is 1.94 bits per heavy atom. The topological polar surface area (TPSA) is 22.0 Å². The van der Waals surface area contributed by atoms with E-state index in [1.165, 1.54) is 10.6 Å². The summed E-state index contributed by atoms with van der Waals surface area (Å²) in [5.41, 5.74) is 1.50. The van der Waals surface area contributed by atoms with Gasteiger partial charge in [-0.1, -0.05) is 12.1 Å². The molecular formula is C13H11BrFNO. The van der Waals surface area contributed by atoms with Crippen molar-refractivity contribution in [3.63, 3.8) is 0 Å². The Morgan fingerprint density at radius 3 is 2.59 bits per heavy atom. The first kappa shape index (κ1) is 12.0. The summed E-state index contributed by atoms with van der Waals surface area (Å²) in [6.45, 7) is 1.74. The van der Waals surface area contributed by atoms with Crippen LogP contribution >= 0.6 is 15.9 Å². The lowest BCUT2D eigenvalue weighted by Gasteiger charge is -2.11. The van der Waals surface area contributed by atoms with E-state index in [-0.39, 0.29) is 11.4 Å². The minimum Gasteiger partial charge on any atom is -0.311 e. The number of hydrogen-bond acceptors (Lipinski definition) is 1. The molecule has 2 rings (SSSR count). The molecule has 0 radical (unpaired) electrons. The fraction of sp³-hybridized carbons (Fsp3) is 0.154. The first-order chi connectivity index (χ1) is 8.02. The molecule has 17 heavy (non-hydrogen) atoms. The van der Waals surface area contributed by atoms with Crippen molar-refractivity contribution in [3.8, 4) is 11.3 Å². The molecule has 2 aromatic rings. The molecule has 0 aliphatic heterocycles. The Morgan fingerprint density at radius 1 is 1.24 bits per heavy atom. The maximum absolute atomic E-state index is 13.8. The van der Waals surface area contributed by atoms with Crippen molar-refractivity contribution in [1.82, 2.24) is 4.57 Å². The summed E-state index contributed by atoms with van der Waals surface area (Å²) in [4.78, 5) is 11.8. The van der Waals surface area contributed by atoms with Crippen molar-refractivity contribution in [2.45, 2.75) is 6.92 Å². The van der Waals surface area contributed by atoms with Crippen molar-refractivity contribution < 1.29 is 4.39 Å². The maximum Gasteiger partial charge on any atom is 0.253 e. The van der Waals surface area contributed by atoms with E-state index in [2.05, 4.69) is 15.9 Å². The molecule has 0 fully saturated rings. The third-order valence-corrected chi connectivity index (χ3v) is 3.37. The summed E-state index contributed by atoms with van der Waals surface area (Å²) in [6, 6.07) is 8.21. The summed E-state index contributed by atoms with van der Waals surface area (Å²) in [5.74, 6) is -0.349. The highest BCUT2D eigenvalue weighted by Crippen LogP contribution is 2.29. The predicted octanol–water partition coefficient (Wildman–Crippen LogP) is 3.26. The molecule has 0 saturated heterocycles. The van der Waals surface area contributed by atoms with Crippen LogP contribution in [0, 0.1) is 12.7 Å². The highest BCUT2D eigenvalue weighted by Gasteiger charge is 2.12.